The maximum Gasteiger partial charge on any atom is 0.331 e. The molecular formula is C18H17N3O5S. The van der Waals surface area contributed by atoms with Crippen LogP contribution in [0.25, 0.3) is 11.0 Å². The number of aryl methyl sites for hydroxylation is 1. The van der Waals surface area contributed by atoms with Crippen LogP contribution >= 0.6 is 11.3 Å². The molecule has 0 atom stereocenters. The predicted octanol–water partition coefficient (Wildman–Crippen LogP) is 2.18. The fraction of sp³-hybridized carbons (Fsp3) is 0.222. The quantitative estimate of drug-likeness (QED) is 0.511. The molecule has 0 unspecified atom stereocenters. The van der Waals surface area contributed by atoms with Crippen LogP contribution in [0.5, 0.6) is 11.5 Å². The summed E-state index contributed by atoms with van der Waals surface area (Å²) in [6, 6.07) is 5.99. The minimum Gasteiger partial charge on any atom is -0.504 e. The largest absolute Gasteiger partial charge is 0.504 e. The summed E-state index contributed by atoms with van der Waals surface area (Å²) in [5.74, 6) is -0.263. The van der Waals surface area contributed by atoms with Gasteiger partial charge in [-0.15, -0.1) is 0 Å². The number of aromatic nitrogens is 3. The topological polar surface area (TPSA) is 103 Å². The first kappa shape index (κ1) is 18.6. The third-order valence-corrected chi connectivity index (χ3v) is 4.67. The van der Waals surface area contributed by atoms with Gasteiger partial charge in [-0.05, 0) is 30.2 Å². The van der Waals surface area contributed by atoms with Crippen molar-refractivity contribution in [3.05, 3.63) is 57.0 Å². The number of esters is 1. The molecule has 2 heterocycles. The number of hydrogen-bond acceptors (Lipinski definition) is 8. The van der Waals surface area contributed by atoms with Crippen LogP contribution in [0.1, 0.15) is 23.2 Å². The van der Waals surface area contributed by atoms with Gasteiger partial charge >= 0.3 is 5.97 Å². The molecule has 0 aliphatic rings. The molecule has 2 aromatic heterocycles. The number of carbonyl (C=O) groups excluding carboxylic acids is 1. The van der Waals surface area contributed by atoms with Crippen molar-refractivity contribution in [1.82, 2.24) is 14.6 Å². The van der Waals surface area contributed by atoms with Crippen molar-refractivity contribution in [3.8, 4) is 11.5 Å². The highest BCUT2D eigenvalue weighted by molar-refractivity contribution is 7.16. The predicted molar refractivity (Wildman–Crippen MR) is 100 cm³/mol. The van der Waals surface area contributed by atoms with E-state index in [1.165, 1.54) is 47.2 Å². The number of phenolic OH excluding ortho intramolecular Hbond substituents is 1. The summed E-state index contributed by atoms with van der Waals surface area (Å²) in [5, 5.41) is 14.5. The van der Waals surface area contributed by atoms with Crippen molar-refractivity contribution < 1.29 is 19.4 Å². The summed E-state index contributed by atoms with van der Waals surface area (Å²) in [5.41, 5.74) is 0.712. The van der Waals surface area contributed by atoms with Crippen molar-refractivity contribution in [3.63, 3.8) is 0 Å². The number of carbonyl (C=O) groups is 1. The van der Waals surface area contributed by atoms with Gasteiger partial charge in [0.2, 0.25) is 4.96 Å². The van der Waals surface area contributed by atoms with Crippen LogP contribution in [0.2, 0.25) is 0 Å². The van der Waals surface area contributed by atoms with Gasteiger partial charge in [0.1, 0.15) is 11.6 Å². The molecule has 3 aromatic rings. The van der Waals surface area contributed by atoms with Crippen LogP contribution in [-0.4, -0.2) is 32.8 Å². The molecule has 27 heavy (non-hydrogen) atoms. The van der Waals surface area contributed by atoms with Crippen LogP contribution in [0.4, 0.5) is 0 Å². The normalized spacial score (nSPS) is 11.2. The molecule has 0 fully saturated rings. The zero-order chi connectivity index (χ0) is 19.4. The Morgan fingerprint density at radius 2 is 2.19 bits per heavy atom. The molecule has 9 heteroatoms. The highest BCUT2D eigenvalue weighted by Gasteiger charge is 2.09. The Balaban J connectivity index is 1.67. The van der Waals surface area contributed by atoms with E-state index in [4.69, 9.17) is 9.47 Å². The van der Waals surface area contributed by atoms with Crippen molar-refractivity contribution >= 4 is 28.3 Å². The van der Waals surface area contributed by atoms with Crippen LogP contribution in [-0.2, 0) is 22.6 Å². The zero-order valence-electron chi connectivity index (χ0n) is 14.7. The van der Waals surface area contributed by atoms with Gasteiger partial charge in [0.25, 0.3) is 5.56 Å². The van der Waals surface area contributed by atoms with E-state index in [0.717, 1.165) is 5.01 Å². The minimum atomic E-state index is -0.581. The molecule has 8 nitrogen and oxygen atoms in total. The van der Waals surface area contributed by atoms with E-state index in [9.17, 15) is 14.7 Å². The Hall–Kier alpha value is -3.20. The summed E-state index contributed by atoms with van der Waals surface area (Å²) in [6.45, 7) is 1.83. The lowest BCUT2D eigenvalue weighted by atomic mass is 10.2. The highest BCUT2D eigenvalue weighted by Crippen LogP contribution is 2.26. The smallest absolute Gasteiger partial charge is 0.331 e. The monoisotopic (exact) mass is 387 g/mol. The van der Waals surface area contributed by atoms with E-state index in [0.29, 0.717) is 28.4 Å². The average Bonchev–Trinajstić information content (AvgIpc) is 3.09. The van der Waals surface area contributed by atoms with Crippen molar-refractivity contribution in [1.29, 1.82) is 0 Å². The van der Waals surface area contributed by atoms with Gasteiger partial charge in [-0.25, -0.2) is 9.78 Å². The third kappa shape index (κ3) is 4.32. The van der Waals surface area contributed by atoms with E-state index in [2.05, 4.69) is 10.1 Å². The fourth-order valence-corrected chi connectivity index (χ4v) is 3.13. The summed E-state index contributed by atoms with van der Waals surface area (Å²) < 4.78 is 11.4. The van der Waals surface area contributed by atoms with Gasteiger partial charge in [-0.3, -0.25) is 4.79 Å². The lowest BCUT2D eigenvalue weighted by molar-refractivity contribution is -0.139. The molecule has 0 radical (unpaired) electrons. The summed E-state index contributed by atoms with van der Waals surface area (Å²) >= 11 is 1.33. The van der Waals surface area contributed by atoms with Crippen molar-refractivity contribution in [2.24, 2.45) is 0 Å². The first-order valence-corrected chi connectivity index (χ1v) is 8.92. The highest BCUT2D eigenvalue weighted by atomic mass is 32.1. The summed E-state index contributed by atoms with van der Waals surface area (Å²) in [7, 11) is 1.44. The lowest BCUT2D eigenvalue weighted by Gasteiger charge is -2.04. The average molecular weight is 387 g/mol. The van der Waals surface area contributed by atoms with Crippen molar-refractivity contribution in [2.75, 3.05) is 7.11 Å². The number of aromatic hydroxyl groups is 1. The Morgan fingerprint density at radius 1 is 1.37 bits per heavy atom. The van der Waals surface area contributed by atoms with E-state index < -0.39 is 5.97 Å². The zero-order valence-corrected chi connectivity index (χ0v) is 15.5. The molecule has 1 N–H and O–H groups in total. The number of fused-ring (bicyclic) bond motifs is 1. The van der Waals surface area contributed by atoms with Crippen LogP contribution in [0.3, 0.4) is 0 Å². The molecule has 0 amide bonds. The number of phenols is 1. The van der Waals surface area contributed by atoms with Gasteiger partial charge < -0.3 is 14.6 Å². The second-order valence-corrected chi connectivity index (χ2v) is 6.54. The SMILES string of the molecule is CCc1nn2c(=O)cc(COC(=O)/C=C/c3ccc(O)c(OC)c3)nc2s1. The summed E-state index contributed by atoms with van der Waals surface area (Å²) in [6.07, 6.45) is 3.50. The minimum absolute atomic E-state index is 0.0132. The Kier molecular flexibility index (Phi) is 5.51. The number of ether oxygens (including phenoxy) is 2. The number of methoxy groups -OCH3 is 1. The van der Waals surface area contributed by atoms with Crippen LogP contribution in [0.15, 0.2) is 35.1 Å². The molecule has 0 aliphatic heterocycles. The molecule has 0 saturated heterocycles. The third-order valence-electron chi connectivity index (χ3n) is 3.62. The van der Waals surface area contributed by atoms with E-state index in [-0.39, 0.29) is 17.9 Å². The lowest BCUT2D eigenvalue weighted by Crippen LogP contribution is -2.16. The molecule has 140 valence electrons. The van der Waals surface area contributed by atoms with Crippen LogP contribution < -0.4 is 10.3 Å². The molecule has 0 spiro atoms. The van der Waals surface area contributed by atoms with Gasteiger partial charge in [-0.1, -0.05) is 24.3 Å². The number of hydrogen-bond donors (Lipinski definition) is 1. The van der Waals surface area contributed by atoms with E-state index in [1.807, 2.05) is 6.92 Å². The number of rotatable bonds is 6. The maximum absolute atomic E-state index is 12.1. The first-order chi connectivity index (χ1) is 13.0. The van der Waals surface area contributed by atoms with Gasteiger partial charge in [0.05, 0.1) is 12.8 Å². The van der Waals surface area contributed by atoms with Crippen LogP contribution in [0, 0.1) is 0 Å². The van der Waals surface area contributed by atoms with Gasteiger partial charge in [0, 0.05) is 12.1 Å². The Labute approximate surface area is 158 Å². The maximum atomic E-state index is 12.1. The molecule has 0 bridgehead atoms. The Bertz CT molecular complexity index is 1070. The van der Waals surface area contributed by atoms with Gasteiger partial charge in [0.15, 0.2) is 11.5 Å². The molecule has 0 aliphatic carbocycles. The van der Waals surface area contributed by atoms with E-state index >= 15 is 0 Å². The molecular weight excluding hydrogens is 370 g/mol. The standard InChI is InChI=1S/C18H17N3O5S/c1-3-15-20-21-16(23)9-12(19-18(21)27-15)10-26-17(24)7-5-11-4-6-13(22)14(8-11)25-2/h4-9,22H,3,10H2,1-2H3/b7-5+. The number of benzene rings is 1. The number of nitrogens with zero attached hydrogens (tertiary/aromatic N) is 3. The van der Waals surface area contributed by atoms with Crippen molar-refractivity contribution in [2.45, 2.75) is 20.0 Å². The summed E-state index contributed by atoms with van der Waals surface area (Å²) in [4.78, 5) is 28.7. The molecule has 1 aromatic carbocycles. The first-order valence-electron chi connectivity index (χ1n) is 8.10. The van der Waals surface area contributed by atoms with E-state index in [1.54, 1.807) is 12.1 Å². The molecule has 3 rings (SSSR count). The van der Waals surface area contributed by atoms with Gasteiger partial charge in [-0.2, -0.15) is 9.61 Å². The Morgan fingerprint density at radius 3 is 2.93 bits per heavy atom. The second kappa shape index (κ2) is 8.00. The fourth-order valence-electron chi connectivity index (χ4n) is 2.27. The second-order valence-electron chi connectivity index (χ2n) is 5.50. The molecule has 0 saturated carbocycles.